The Bertz CT molecular complexity index is 1990. The Morgan fingerprint density at radius 3 is 1.96 bits per heavy atom. The van der Waals surface area contributed by atoms with Gasteiger partial charge in [0, 0.05) is 39.5 Å². The van der Waals surface area contributed by atoms with Crippen molar-refractivity contribution in [2.45, 2.75) is 53.4 Å². The highest BCUT2D eigenvalue weighted by atomic mass is 16.4. The number of aliphatic carboxylic acids is 2. The lowest BCUT2D eigenvalue weighted by atomic mass is 10.00. The lowest BCUT2D eigenvalue weighted by Crippen LogP contribution is -2.23. The predicted octanol–water partition coefficient (Wildman–Crippen LogP) is 0.741. The van der Waals surface area contributed by atoms with Crippen LogP contribution in [0.3, 0.4) is 0 Å². The maximum atomic E-state index is 13.8. The Morgan fingerprint density at radius 1 is 0.778 bits per heavy atom. The van der Waals surface area contributed by atoms with Gasteiger partial charge >= 0.3 is 0 Å². The molecule has 0 radical (unpaired) electrons. The highest BCUT2D eigenvalue weighted by Gasteiger charge is 2.25. The average Bonchev–Trinajstić information content (AvgIpc) is 3.66. The van der Waals surface area contributed by atoms with Gasteiger partial charge in [-0.25, -0.2) is 4.99 Å². The number of amides is 1. The molecule has 3 aromatic heterocycles. The van der Waals surface area contributed by atoms with E-state index in [4.69, 9.17) is 0 Å². The summed E-state index contributed by atoms with van der Waals surface area (Å²) >= 11 is 0. The molecule has 0 spiro atoms. The van der Waals surface area contributed by atoms with Gasteiger partial charge in [0.05, 0.1) is 22.8 Å². The van der Waals surface area contributed by atoms with Crippen molar-refractivity contribution in [2.24, 2.45) is 4.99 Å². The lowest BCUT2D eigenvalue weighted by Gasteiger charge is -2.05. The van der Waals surface area contributed by atoms with Crippen LogP contribution in [0.15, 0.2) is 35.4 Å². The van der Waals surface area contributed by atoms with E-state index in [9.17, 15) is 34.2 Å². The van der Waals surface area contributed by atoms with E-state index in [2.05, 4.69) is 33.1 Å². The van der Waals surface area contributed by atoms with Gasteiger partial charge in [0.25, 0.3) is 5.91 Å². The van der Waals surface area contributed by atoms with Crippen molar-refractivity contribution in [3.63, 3.8) is 0 Å². The van der Waals surface area contributed by atoms with Gasteiger partial charge < -0.3 is 34.8 Å². The highest BCUT2D eigenvalue weighted by molar-refractivity contribution is 6.31. The quantitative estimate of drug-likeness (QED) is 0.188. The minimum Gasteiger partial charge on any atom is -0.550 e. The van der Waals surface area contributed by atoms with Crippen LogP contribution < -0.4 is 20.9 Å². The molecule has 0 bridgehead atoms. The number of aldehydes is 1. The zero-order valence-corrected chi connectivity index (χ0v) is 25.4. The molecule has 11 nitrogen and oxygen atoms in total. The first-order valence-corrected chi connectivity index (χ1v) is 14.2. The van der Waals surface area contributed by atoms with Gasteiger partial charge in [0.15, 0.2) is 6.29 Å². The second kappa shape index (κ2) is 13.0. The molecule has 4 rings (SSSR count). The van der Waals surface area contributed by atoms with Gasteiger partial charge in [-0.1, -0.05) is 25.3 Å². The van der Waals surface area contributed by atoms with E-state index in [0.29, 0.717) is 72.9 Å². The van der Waals surface area contributed by atoms with E-state index in [1.54, 1.807) is 39.8 Å². The number of carbonyl (C=O) groups is 5. The Balaban J connectivity index is 1.95. The molecule has 1 amide bonds. The van der Waals surface area contributed by atoms with Crippen LogP contribution in [0, 0.1) is 20.8 Å². The number of aromatic nitrogens is 3. The number of allylic oxidation sites excluding steroid dienone is 1. The maximum Gasteiger partial charge on any atom is 0.277 e. The van der Waals surface area contributed by atoms with Crippen LogP contribution in [0.5, 0.6) is 0 Å². The van der Waals surface area contributed by atoms with E-state index >= 15 is 0 Å². The molecule has 1 aliphatic heterocycles. The number of ketones is 1. The number of carbonyl (C=O) groups excluding carboxylic acids is 5. The van der Waals surface area contributed by atoms with E-state index in [-0.39, 0.29) is 42.8 Å². The minimum absolute atomic E-state index is 0.0434. The Morgan fingerprint density at radius 2 is 1.40 bits per heavy atom. The molecule has 4 heterocycles. The van der Waals surface area contributed by atoms with Crippen LogP contribution in [0.25, 0.3) is 18.2 Å². The zero-order valence-electron chi connectivity index (χ0n) is 25.4. The number of H-pyrrole nitrogens is 3. The number of carboxylic acid groups (broad SMARTS) is 2. The van der Waals surface area contributed by atoms with Gasteiger partial charge in [-0.2, -0.15) is 0 Å². The van der Waals surface area contributed by atoms with E-state index in [1.807, 2.05) is 0 Å². The molecule has 0 saturated carbocycles. The summed E-state index contributed by atoms with van der Waals surface area (Å²) in [6.07, 6.45) is 6.50. The topological polar surface area (TPSA) is 191 Å². The third-order valence-corrected chi connectivity index (χ3v) is 8.15. The van der Waals surface area contributed by atoms with Crippen LogP contribution in [0.2, 0.25) is 0 Å². The summed E-state index contributed by atoms with van der Waals surface area (Å²) in [6, 6.07) is 0. The standard InChI is InChI=1S/C34H34N4O7/c1-7-20-16(3)28(15-39)37-32(20)33(44)31-19(6)23(10-12-30(42)43)27(36-31)14-26-22(9-11-29(40)41)18(5)24(35-26)13-25-17(4)21(8-2)34(45)38-25/h7-8,13-15,35-37H,1-2,9-12H2,3-6H3,(H,40,41)(H,42,43)/p-2/b24-13?,26-14-. The molecule has 0 unspecified atom stereocenters. The van der Waals surface area contributed by atoms with Crippen LogP contribution >= 0.6 is 0 Å². The van der Waals surface area contributed by atoms with Crippen molar-refractivity contribution in [1.29, 1.82) is 0 Å². The van der Waals surface area contributed by atoms with E-state index in [1.165, 1.54) is 12.2 Å². The molecule has 3 aromatic rings. The van der Waals surface area contributed by atoms with Crippen molar-refractivity contribution in [3.05, 3.63) is 97.2 Å². The number of hydrogen-bond acceptors (Lipinski definition) is 7. The molecule has 11 heteroatoms. The van der Waals surface area contributed by atoms with E-state index in [0.717, 1.165) is 0 Å². The fraction of sp³-hybridized carbons (Fsp3) is 0.235. The molecule has 1 aliphatic rings. The average molecular weight is 609 g/mol. The predicted molar refractivity (Wildman–Crippen MR) is 165 cm³/mol. The minimum atomic E-state index is -1.27. The molecule has 0 fully saturated rings. The summed E-state index contributed by atoms with van der Waals surface area (Å²) < 4.78 is 0. The first kappa shape index (κ1) is 32.3. The number of hydrogen-bond donors (Lipinski definition) is 3. The van der Waals surface area contributed by atoms with Gasteiger partial charge in [-0.15, -0.1) is 0 Å². The first-order valence-electron chi connectivity index (χ1n) is 14.2. The third kappa shape index (κ3) is 6.23. The number of aliphatic imine (C=N–C) groups is 1. The number of carboxylic acids is 2. The summed E-state index contributed by atoms with van der Waals surface area (Å²) in [4.78, 5) is 73.8. The number of nitrogens with zero attached hydrogens (tertiary/aromatic N) is 1. The van der Waals surface area contributed by atoms with Crippen molar-refractivity contribution in [1.82, 2.24) is 15.0 Å². The molecule has 232 valence electrons. The van der Waals surface area contributed by atoms with Crippen molar-refractivity contribution in [3.8, 4) is 0 Å². The van der Waals surface area contributed by atoms with Crippen LogP contribution in [-0.2, 0) is 27.2 Å². The van der Waals surface area contributed by atoms with Crippen molar-refractivity contribution < 1.29 is 34.2 Å². The number of rotatable bonds is 13. The summed E-state index contributed by atoms with van der Waals surface area (Å²) in [5.41, 5.74) is 5.93. The second-order valence-corrected chi connectivity index (χ2v) is 10.8. The van der Waals surface area contributed by atoms with E-state index < -0.39 is 23.6 Å². The largest absolute Gasteiger partial charge is 0.550 e. The molecule has 0 aliphatic carbocycles. The monoisotopic (exact) mass is 608 g/mol. The number of nitrogens with one attached hydrogen (secondary N) is 3. The summed E-state index contributed by atoms with van der Waals surface area (Å²) in [7, 11) is 0. The second-order valence-electron chi connectivity index (χ2n) is 10.8. The normalized spacial score (nSPS) is 13.9. The molecule has 0 atom stereocenters. The van der Waals surface area contributed by atoms with Crippen LogP contribution in [0.4, 0.5) is 0 Å². The van der Waals surface area contributed by atoms with Gasteiger partial charge in [0.1, 0.15) is 0 Å². The molecule has 3 N–H and O–H groups in total. The summed E-state index contributed by atoms with van der Waals surface area (Å²) in [5.74, 6) is -3.36. The summed E-state index contributed by atoms with van der Waals surface area (Å²) in [5, 5.41) is 23.9. The first-order chi connectivity index (χ1) is 21.3. The molecule has 45 heavy (non-hydrogen) atoms. The highest BCUT2D eigenvalue weighted by Crippen LogP contribution is 2.27. The zero-order chi connectivity index (χ0) is 33.2. The Kier molecular flexibility index (Phi) is 9.32. The SMILES string of the molecule is C=CC1=C(C)C(C=c2[nH]/c(=C\c3[nH]c(C(=O)c4[nH]c(C=O)c(C)c4C=C)c(C)c3CCC(=O)[O-])c(CCC(=O)[O-])c2C)=NC1=O. The maximum absolute atomic E-state index is 13.8. The molecule has 0 saturated heterocycles. The fourth-order valence-electron chi connectivity index (χ4n) is 5.57. The molecular formula is C34H32N4O7-2. The van der Waals surface area contributed by atoms with Gasteiger partial charge in [-0.3, -0.25) is 14.4 Å². The smallest absolute Gasteiger partial charge is 0.277 e. The third-order valence-electron chi connectivity index (χ3n) is 8.15. The van der Waals surface area contributed by atoms with Crippen molar-refractivity contribution in [2.75, 3.05) is 0 Å². The number of aromatic amines is 3. The van der Waals surface area contributed by atoms with Gasteiger partial charge in [0.2, 0.25) is 5.78 Å². The fourth-order valence-corrected chi connectivity index (χ4v) is 5.57. The lowest BCUT2D eigenvalue weighted by molar-refractivity contribution is -0.307. The van der Waals surface area contributed by atoms with Crippen molar-refractivity contribution >= 4 is 53.9 Å². The van der Waals surface area contributed by atoms with Crippen LogP contribution in [-0.4, -0.2) is 50.6 Å². The summed E-state index contributed by atoms with van der Waals surface area (Å²) in [6.45, 7) is 14.4. The Hall–Kier alpha value is -5.58. The van der Waals surface area contributed by atoms with Crippen LogP contribution in [0.1, 0.15) is 85.5 Å². The van der Waals surface area contributed by atoms with Gasteiger partial charge in [-0.05, 0) is 98.9 Å². The molecular weight excluding hydrogens is 576 g/mol. The molecule has 0 aromatic carbocycles. The Labute approximate surface area is 258 Å².